The van der Waals surface area contributed by atoms with Crippen molar-refractivity contribution >= 4 is 17.4 Å². The number of hydrogen-bond acceptors (Lipinski definition) is 2. The summed E-state index contributed by atoms with van der Waals surface area (Å²) in [5.41, 5.74) is 5.43. The Balaban J connectivity index is 3.40. The molecule has 2 nitrogen and oxygen atoms in total. The van der Waals surface area contributed by atoms with Crippen LogP contribution in [-0.4, -0.2) is 23.9 Å². The first-order valence-electron chi connectivity index (χ1n) is 4.83. The van der Waals surface area contributed by atoms with Gasteiger partial charge in [-0.2, -0.15) is 0 Å². The van der Waals surface area contributed by atoms with Crippen molar-refractivity contribution in [3.05, 3.63) is 0 Å². The van der Waals surface area contributed by atoms with Gasteiger partial charge in [0.2, 0.25) is 0 Å². The standard InChI is InChI=1S/C8H23NOSi2/c1-11(8-6-5-7-9)10-12(2,3)4/h11H,5-9H2,1-4H3. The van der Waals surface area contributed by atoms with E-state index in [0.717, 1.165) is 13.0 Å². The van der Waals surface area contributed by atoms with Crippen LogP contribution in [0.5, 0.6) is 0 Å². The van der Waals surface area contributed by atoms with Gasteiger partial charge in [-0.25, -0.2) is 0 Å². The van der Waals surface area contributed by atoms with E-state index >= 15 is 0 Å². The molecule has 0 heterocycles. The van der Waals surface area contributed by atoms with Crippen molar-refractivity contribution in [2.45, 2.75) is 45.1 Å². The Labute approximate surface area is 79.4 Å². The van der Waals surface area contributed by atoms with Crippen molar-refractivity contribution in [1.29, 1.82) is 0 Å². The first kappa shape index (κ1) is 12.4. The molecular formula is C8H23NOSi2. The maximum atomic E-state index is 6.02. The van der Waals surface area contributed by atoms with Crippen molar-refractivity contribution in [3.8, 4) is 0 Å². The number of rotatable bonds is 6. The Kier molecular flexibility index (Phi) is 6.08. The molecule has 0 rings (SSSR count). The van der Waals surface area contributed by atoms with Crippen LogP contribution in [0.1, 0.15) is 12.8 Å². The van der Waals surface area contributed by atoms with E-state index in [1.807, 2.05) is 0 Å². The van der Waals surface area contributed by atoms with E-state index < -0.39 is 17.4 Å². The molecule has 0 spiro atoms. The molecule has 0 saturated heterocycles. The van der Waals surface area contributed by atoms with Gasteiger partial charge in [0, 0.05) is 0 Å². The second-order valence-corrected chi connectivity index (χ2v) is 11.7. The highest BCUT2D eigenvalue weighted by Gasteiger charge is 2.17. The second-order valence-electron chi connectivity index (χ2n) is 4.33. The van der Waals surface area contributed by atoms with E-state index in [9.17, 15) is 0 Å². The largest absolute Gasteiger partial charge is 0.458 e. The molecule has 0 aromatic rings. The Morgan fingerprint density at radius 2 is 1.83 bits per heavy atom. The lowest BCUT2D eigenvalue weighted by Crippen LogP contribution is -2.32. The topological polar surface area (TPSA) is 35.2 Å². The molecule has 0 radical (unpaired) electrons. The highest BCUT2D eigenvalue weighted by Crippen LogP contribution is 2.09. The van der Waals surface area contributed by atoms with Gasteiger partial charge >= 0.3 is 0 Å². The van der Waals surface area contributed by atoms with E-state index in [4.69, 9.17) is 9.85 Å². The molecule has 0 aromatic heterocycles. The van der Waals surface area contributed by atoms with Crippen LogP contribution in [0.2, 0.25) is 32.2 Å². The van der Waals surface area contributed by atoms with Gasteiger partial charge in [-0.3, -0.25) is 0 Å². The van der Waals surface area contributed by atoms with Gasteiger partial charge in [-0.1, -0.05) is 6.42 Å². The van der Waals surface area contributed by atoms with Crippen LogP contribution in [0.15, 0.2) is 0 Å². The van der Waals surface area contributed by atoms with Crippen LogP contribution in [0.3, 0.4) is 0 Å². The van der Waals surface area contributed by atoms with Crippen molar-refractivity contribution < 1.29 is 4.12 Å². The van der Waals surface area contributed by atoms with E-state index in [-0.39, 0.29) is 0 Å². The van der Waals surface area contributed by atoms with Gasteiger partial charge < -0.3 is 9.85 Å². The molecule has 1 atom stereocenters. The zero-order chi connectivity index (χ0) is 9.61. The monoisotopic (exact) mass is 205 g/mol. The van der Waals surface area contributed by atoms with E-state index in [0.29, 0.717) is 0 Å². The van der Waals surface area contributed by atoms with Crippen LogP contribution < -0.4 is 5.73 Å². The summed E-state index contributed by atoms with van der Waals surface area (Å²) >= 11 is 0. The maximum absolute atomic E-state index is 6.02. The summed E-state index contributed by atoms with van der Waals surface area (Å²) in [7, 11) is -2.10. The number of unbranched alkanes of at least 4 members (excludes halogenated alkanes) is 1. The first-order chi connectivity index (χ1) is 5.45. The summed E-state index contributed by atoms with van der Waals surface area (Å²) < 4.78 is 6.02. The minimum Gasteiger partial charge on any atom is -0.458 e. The van der Waals surface area contributed by atoms with Crippen LogP contribution in [0, 0.1) is 0 Å². The van der Waals surface area contributed by atoms with Crippen molar-refractivity contribution in [2.24, 2.45) is 5.73 Å². The average Bonchev–Trinajstić information content (AvgIpc) is 1.84. The predicted octanol–water partition coefficient (Wildman–Crippen LogP) is 1.93. The predicted molar refractivity (Wildman–Crippen MR) is 60.5 cm³/mol. The minimum absolute atomic E-state index is 0.827. The summed E-state index contributed by atoms with van der Waals surface area (Å²) in [4.78, 5) is 0. The average molecular weight is 205 g/mol. The fraction of sp³-hybridized carbons (Fsp3) is 1.00. The molecule has 0 amide bonds. The van der Waals surface area contributed by atoms with Crippen LogP contribution in [0.4, 0.5) is 0 Å². The molecule has 0 bridgehead atoms. The fourth-order valence-corrected chi connectivity index (χ4v) is 7.40. The molecule has 4 heteroatoms. The summed E-state index contributed by atoms with van der Waals surface area (Å²) in [5, 5.41) is 0. The summed E-state index contributed by atoms with van der Waals surface area (Å²) in [5.74, 6) is 0. The number of hydrogen-bond donors (Lipinski definition) is 1. The number of nitrogens with two attached hydrogens (primary N) is 1. The van der Waals surface area contributed by atoms with Crippen LogP contribution >= 0.6 is 0 Å². The molecule has 0 aliphatic rings. The summed E-state index contributed by atoms with van der Waals surface area (Å²) in [6.45, 7) is 9.92. The molecule has 0 aliphatic carbocycles. The SMILES string of the molecule is C[SiH](CCCCN)O[Si](C)(C)C. The van der Waals surface area contributed by atoms with Gasteiger partial charge in [0.1, 0.15) is 0 Å². The molecule has 12 heavy (non-hydrogen) atoms. The highest BCUT2D eigenvalue weighted by atomic mass is 28.4. The van der Waals surface area contributed by atoms with Gasteiger partial charge in [-0.05, 0) is 45.2 Å². The highest BCUT2D eigenvalue weighted by molar-refractivity contribution is 6.77. The first-order valence-corrected chi connectivity index (χ1v) is 10.7. The maximum Gasteiger partial charge on any atom is 0.170 e. The van der Waals surface area contributed by atoms with Gasteiger partial charge in [0.05, 0.1) is 0 Å². The van der Waals surface area contributed by atoms with E-state index in [1.165, 1.54) is 12.5 Å². The molecule has 74 valence electrons. The normalized spacial score (nSPS) is 14.8. The molecule has 2 N–H and O–H groups in total. The van der Waals surface area contributed by atoms with Gasteiger partial charge in [0.25, 0.3) is 0 Å². The van der Waals surface area contributed by atoms with Crippen LogP contribution in [-0.2, 0) is 4.12 Å². The molecule has 0 saturated carbocycles. The third-order valence-electron chi connectivity index (χ3n) is 1.62. The molecular weight excluding hydrogens is 182 g/mol. The molecule has 0 aliphatic heterocycles. The van der Waals surface area contributed by atoms with Crippen molar-refractivity contribution in [2.75, 3.05) is 6.54 Å². The minimum atomic E-state index is -1.25. The fourth-order valence-electron chi connectivity index (χ4n) is 1.24. The summed E-state index contributed by atoms with van der Waals surface area (Å²) in [6.07, 6.45) is 2.42. The zero-order valence-electron chi connectivity index (χ0n) is 8.89. The Bertz CT molecular complexity index is 114. The molecule has 1 unspecified atom stereocenters. The van der Waals surface area contributed by atoms with E-state index in [1.54, 1.807) is 0 Å². The van der Waals surface area contributed by atoms with Gasteiger partial charge in [0.15, 0.2) is 17.4 Å². The van der Waals surface area contributed by atoms with E-state index in [2.05, 4.69) is 26.2 Å². The smallest absolute Gasteiger partial charge is 0.170 e. The van der Waals surface area contributed by atoms with Gasteiger partial charge in [-0.15, -0.1) is 0 Å². The lowest BCUT2D eigenvalue weighted by Gasteiger charge is -2.22. The zero-order valence-corrected chi connectivity index (χ0v) is 11.0. The lowest BCUT2D eigenvalue weighted by molar-refractivity contribution is 0.567. The Morgan fingerprint density at radius 1 is 1.25 bits per heavy atom. The quantitative estimate of drug-likeness (QED) is 0.531. The van der Waals surface area contributed by atoms with Crippen LogP contribution in [0.25, 0.3) is 0 Å². The van der Waals surface area contributed by atoms with Crippen molar-refractivity contribution in [3.63, 3.8) is 0 Å². The van der Waals surface area contributed by atoms with Crippen molar-refractivity contribution in [1.82, 2.24) is 0 Å². The lowest BCUT2D eigenvalue weighted by atomic mass is 10.3. The third kappa shape index (κ3) is 8.45. The third-order valence-corrected chi connectivity index (χ3v) is 7.28. The molecule has 0 fully saturated rings. The second kappa shape index (κ2) is 5.91. The Morgan fingerprint density at radius 3 is 2.25 bits per heavy atom. The molecule has 0 aromatic carbocycles. The summed E-state index contributed by atoms with van der Waals surface area (Å²) in [6, 6.07) is 1.29. The Hall–Kier alpha value is 0.354.